The molecule has 0 unspecified atom stereocenters. The van der Waals surface area contributed by atoms with E-state index in [1.165, 1.54) is 136 Å². The molecule has 0 aliphatic carbocycles. The number of rotatable bonds is 20. The van der Waals surface area contributed by atoms with Crippen molar-refractivity contribution in [1.29, 1.82) is 0 Å². The summed E-state index contributed by atoms with van der Waals surface area (Å²) in [6.45, 7) is 4.58. The van der Waals surface area contributed by atoms with Crippen molar-refractivity contribution in [1.82, 2.24) is 9.97 Å². The second-order valence-electron chi connectivity index (χ2n) is 11.1. The Hall–Kier alpha value is -1.56. The number of aromatic nitrogens is 2. The lowest BCUT2D eigenvalue weighted by Crippen LogP contribution is -1.87. The van der Waals surface area contributed by atoms with Gasteiger partial charge in [-0.15, -0.1) is 22.7 Å². The molecule has 3 aromatic heterocycles. The van der Waals surface area contributed by atoms with Crippen LogP contribution in [-0.4, -0.2) is 9.97 Å². The van der Waals surface area contributed by atoms with E-state index in [0.717, 1.165) is 21.1 Å². The molecule has 4 rings (SSSR count). The maximum absolute atomic E-state index is 4.96. The number of thiazole rings is 2. The maximum Gasteiger partial charge on any atom is 0.155 e. The molecule has 2 nitrogen and oxygen atoms in total. The Balaban J connectivity index is 1.30. The molecule has 212 valence electrons. The fourth-order valence-electron chi connectivity index (χ4n) is 5.36. The first-order chi connectivity index (χ1) is 19.3. The van der Waals surface area contributed by atoms with Gasteiger partial charge in [0.25, 0.3) is 0 Å². The smallest absolute Gasteiger partial charge is 0.155 e. The zero-order valence-corrected chi connectivity index (χ0v) is 26.8. The molecule has 0 aliphatic heterocycles. The van der Waals surface area contributed by atoms with E-state index in [2.05, 4.69) is 49.2 Å². The van der Waals surface area contributed by atoms with E-state index in [4.69, 9.17) is 4.98 Å². The van der Waals surface area contributed by atoms with Gasteiger partial charge >= 0.3 is 0 Å². The molecule has 0 radical (unpaired) electrons. The standard InChI is InChI=1S/C34H48N2S3/c1-3-5-7-9-11-12-13-14-15-17-19-27-21-23-28(24-22-27)30-25-29(20-18-16-10-8-6-4-2)31(38-30)32-36-34-33(39-32)35-26-37-34/h21-26H,3-20H2,1-2H3. The van der Waals surface area contributed by atoms with E-state index >= 15 is 0 Å². The minimum Gasteiger partial charge on any atom is -0.232 e. The predicted octanol–water partition coefficient (Wildman–Crippen LogP) is 12.5. The lowest BCUT2D eigenvalue weighted by atomic mass is 10.0. The molecular weight excluding hydrogens is 533 g/mol. The zero-order chi connectivity index (χ0) is 27.1. The number of thiophene rings is 1. The van der Waals surface area contributed by atoms with Crippen LogP contribution in [0.15, 0.2) is 35.8 Å². The predicted molar refractivity (Wildman–Crippen MR) is 177 cm³/mol. The number of fused-ring (bicyclic) bond motifs is 1. The average molecular weight is 581 g/mol. The summed E-state index contributed by atoms with van der Waals surface area (Å²) in [5.41, 5.74) is 6.21. The minimum absolute atomic E-state index is 1.08. The van der Waals surface area contributed by atoms with E-state index in [-0.39, 0.29) is 0 Å². The number of unbranched alkanes of at least 4 members (excludes halogenated alkanes) is 14. The monoisotopic (exact) mass is 580 g/mol. The van der Waals surface area contributed by atoms with E-state index in [1.807, 2.05) is 16.8 Å². The summed E-state index contributed by atoms with van der Waals surface area (Å²) in [4.78, 5) is 14.4. The van der Waals surface area contributed by atoms with Crippen molar-refractivity contribution < 1.29 is 0 Å². The summed E-state index contributed by atoms with van der Waals surface area (Å²) in [7, 11) is 0. The van der Waals surface area contributed by atoms with Crippen molar-refractivity contribution in [2.75, 3.05) is 0 Å². The van der Waals surface area contributed by atoms with Crippen LogP contribution in [0.25, 0.3) is 30.0 Å². The van der Waals surface area contributed by atoms with Gasteiger partial charge in [-0.1, -0.05) is 139 Å². The lowest BCUT2D eigenvalue weighted by molar-refractivity contribution is 0.556. The number of benzene rings is 1. The van der Waals surface area contributed by atoms with Crippen molar-refractivity contribution in [2.24, 2.45) is 0 Å². The van der Waals surface area contributed by atoms with Crippen LogP contribution in [0.1, 0.15) is 128 Å². The highest BCUT2D eigenvalue weighted by molar-refractivity contribution is 7.29. The van der Waals surface area contributed by atoms with Gasteiger partial charge < -0.3 is 0 Å². The molecule has 0 atom stereocenters. The normalized spacial score (nSPS) is 11.6. The quantitative estimate of drug-likeness (QED) is 0.0971. The van der Waals surface area contributed by atoms with Crippen molar-refractivity contribution in [3.05, 3.63) is 47.0 Å². The summed E-state index contributed by atoms with van der Waals surface area (Å²) in [6.07, 6.45) is 24.3. The van der Waals surface area contributed by atoms with Crippen LogP contribution in [0.5, 0.6) is 0 Å². The molecule has 0 N–H and O–H groups in total. The molecule has 0 saturated carbocycles. The maximum atomic E-state index is 4.96. The SMILES string of the molecule is CCCCCCCCCCCCc1ccc(-c2cc(CCCCCCCC)c(-c3nc4scnc4s3)s2)cc1. The van der Waals surface area contributed by atoms with Gasteiger partial charge in [0.1, 0.15) is 5.01 Å². The number of aryl methyl sites for hydroxylation is 2. The van der Waals surface area contributed by atoms with Gasteiger partial charge in [-0.3, -0.25) is 0 Å². The molecule has 1 aromatic carbocycles. The van der Waals surface area contributed by atoms with E-state index in [9.17, 15) is 0 Å². The Kier molecular flexibility index (Phi) is 13.5. The molecule has 0 saturated heterocycles. The van der Waals surface area contributed by atoms with Gasteiger partial charge in [-0.25, -0.2) is 9.97 Å². The second kappa shape index (κ2) is 17.3. The molecule has 0 bridgehead atoms. The largest absolute Gasteiger partial charge is 0.232 e. The van der Waals surface area contributed by atoms with Gasteiger partial charge in [-0.05, 0) is 48.4 Å². The molecule has 39 heavy (non-hydrogen) atoms. The summed E-state index contributed by atoms with van der Waals surface area (Å²) in [5, 5.41) is 1.15. The van der Waals surface area contributed by atoms with Crippen LogP contribution in [0.3, 0.4) is 0 Å². The van der Waals surface area contributed by atoms with E-state index < -0.39 is 0 Å². The van der Waals surface area contributed by atoms with E-state index in [1.54, 1.807) is 22.7 Å². The highest BCUT2D eigenvalue weighted by Gasteiger charge is 2.17. The second-order valence-corrected chi connectivity index (χ2v) is 14.0. The average Bonchev–Trinajstić information content (AvgIpc) is 3.67. The van der Waals surface area contributed by atoms with Crippen molar-refractivity contribution in [3.63, 3.8) is 0 Å². The van der Waals surface area contributed by atoms with Crippen LogP contribution in [0.2, 0.25) is 0 Å². The third kappa shape index (κ3) is 9.79. The van der Waals surface area contributed by atoms with Gasteiger partial charge in [0.2, 0.25) is 0 Å². The fraction of sp³-hybridized carbons (Fsp3) is 0.588. The summed E-state index contributed by atoms with van der Waals surface area (Å²) in [5.74, 6) is 0. The fourth-order valence-corrected chi connectivity index (χ4v) is 8.45. The Morgan fingerprint density at radius 3 is 1.82 bits per heavy atom. The third-order valence-corrected chi connectivity index (χ3v) is 11.0. The van der Waals surface area contributed by atoms with Crippen LogP contribution in [0, 0.1) is 0 Å². The molecule has 0 fully saturated rings. The van der Waals surface area contributed by atoms with Crippen LogP contribution in [-0.2, 0) is 12.8 Å². The van der Waals surface area contributed by atoms with Crippen molar-refractivity contribution in [2.45, 2.75) is 129 Å². The van der Waals surface area contributed by atoms with E-state index in [0.29, 0.717) is 0 Å². The van der Waals surface area contributed by atoms with Crippen LogP contribution < -0.4 is 0 Å². The summed E-state index contributed by atoms with van der Waals surface area (Å²) < 4.78 is 0. The van der Waals surface area contributed by atoms with Gasteiger partial charge in [0.15, 0.2) is 9.66 Å². The van der Waals surface area contributed by atoms with Gasteiger partial charge in [0.05, 0.1) is 10.4 Å². The van der Waals surface area contributed by atoms with Gasteiger partial charge in [0, 0.05) is 4.88 Å². The number of hydrogen-bond acceptors (Lipinski definition) is 5. The number of nitrogens with zero attached hydrogens (tertiary/aromatic N) is 2. The highest BCUT2D eigenvalue weighted by Crippen LogP contribution is 2.42. The highest BCUT2D eigenvalue weighted by atomic mass is 32.1. The first-order valence-electron chi connectivity index (χ1n) is 15.7. The molecule has 0 aliphatic rings. The van der Waals surface area contributed by atoms with Crippen molar-refractivity contribution >= 4 is 43.7 Å². The Bertz CT molecular complexity index is 1170. The molecular formula is C34H48N2S3. The zero-order valence-electron chi connectivity index (χ0n) is 24.3. The Labute approximate surface area is 249 Å². The van der Waals surface area contributed by atoms with Gasteiger partial charge in [-0.2, -0.15) is 0 Å². The Morgan fingerprint density at radius 1 is 0.615 bits per heavy atom. The number of hydrogen-bond donors (Lipinski definition) is 0. The van der Waals surface area contributed by atoms with Crippen LogP contribution >= 0.6 is 34.0 Å². The molecule has 5 heteroatoms. The molecule has 0 spiro atoms. The first-order valence-corrected chi connectivity index (χ1v) is 18.2. The minimum atomic E-state index is 1.08. The molecule has 0 amide bonds. The Morgan fingerprint density at radius 2 is 1.21 bits per heavy atom. The molecule has 4 aromatic rings. The summed E-state index contributed by atoms with van der Waals surface area (Å²) >= 11 is 5.32. The topological polar surface area (TPSA) is 25.8 Å². The summed E-state index contributed by atoms with van der Waals surface area (Å²) in [6, 6.07) is 11.9. The van der Waals surface area contributed by atoms with Crippen molar-refractivity contribution in [3.8, 4) is 20.3 Å². The first kappa shape index (κ1) is 30.4. The molecule has 3 heterocycles. The van der Waals surface area contributed by atoms with Crippen LogP contribution in [0.4, 0.5) is 0 Å². The third-order valence-electron chi connectivity index (χ3n) is 7.77. The lowest BCUT2D eigenvalue weighted by Gasteiger charge is -2.04.